The molecule has 1 heterocycles. The van der Waals surface area contributed by atoms with Crippen molar-refractivity contribution in [3.63, 3.8) is 0 Å². The van der Waals surface area contributed by atoms with Crippen molar-refractivity contribution in [1.82, 2.24) is 15.3 Å². The van der Waals surface area contributed by atoms with Crippen molar-refractivity contribution in [2.75, 3.05) is 18.5 Å². The second-order valence-corrected chi connectivity index (χ2v) is 5.54. The lowest BCUT2D eigenvalue weighted by Crippen LogP contribution is -2.36. The van der Waals surface area contributed by atoms with E-state index in [2.05, 4.69) is 15.3 Å². The van der Waals surface area contributed by atoms with E-state index >= 15 is 0 Å². The highest BCUT2D eigenvalue weighted by Gasteiger charge is 2.25. The van der Waals surface area contributed by atoms with Crippen molar-refractivity contribution in [3.05, 3.63) is 38.9 Å². The van der Waals surface area contributed by atoms with Crippen molar-refractivity contribution in [2.45, 2.75) is 18.9 Å². The van der Waals surface area contributed by atoms with Crippen molar-refractivity contribution < 1.29 is 9.72 Å². The standard InChI is InChI=1S/C14H15N5O4/c1-18(6-13(20)17-8-2-3-8)11-5-10-9(4-12(11)19(22)23)14(21)16-7-15-10/h4-5,7-8H,2-3,6H2,1H3,(H,17,20)(H,15,16,21). The minimum absolute atomic E-state index is 0.00790. The number of carbonyl (C=O) groups is 1. The summed E-state index contributed by atoms with van der Waals surface area (Å²) < 4.78 is 0. The minimum Gasteiger partial charge on any atom is -0.360 e. The Labute approximate surface area is 130 Å². The van der Waals surface area contributed by atoms with Gasteiger partial charge in [0.2, 0.25) is 5.91 Å². The van der Waals surface area contributed by atoms with E-state index in [-0.39, 0.29) is 35.3 Å². The van der Waals surface area contributed by atoms with Crippen molar-refractivity contribution in [2.24, 2.45) is 0 Å². The van der Waals surface area contributed by atoms with Crippen molar-refractivity contribution in [3.8, 4) is 0 Å². The van der Waals surface area contributed by atoms with E-state index in [0.717, 1.165) is 12.8 Å². The lowest BCUT2D eigenvalue weighted by atomic mass is 10.1. The van der Waals surface area contributed by atoms with Gasteiger partial charge in [0.25, 0.3) is 11.2 Å². The molecule has 9 nitrogen and oxygen atoms in total. The predicted molar refractivity (Wildman–Crippen MR) is 83.5 cm³/mol. The molecule has 0 aliphatic heterocycles. The Morgan fingerprint density at radius 3 is 2.91 bits per heavy atom. The number of hydrogen-bond donors (Lipinski definition) is 2. The summed E-state index contributed by atoms with van der Waals surface area (Å²) in [6.07, 6.45) is 3.18. The summed E-state index contributed by atoms with van der Waals surface area (Å²) in [5, 5.41) is 14.3. The van der Waals surface area contributed by atoms with Gasteiger partial charge < -0.3 is 15.2 Å². The van der Waals surface area contributed by atoms with E-state index < -0.39 is 10.5 Å². The van der Waals surface area contributed by atoms with Gasteiger partial charge in [-0.15, -0.1) is 0 Å². The summed E-state index contributed by atoms with van der Waals surface area (Å²) in [7, 11) is 1.59. The average Bonchev–Trinajstić information content (AvgIpc) is 3.30. The summed E-state index contributed by atoms with van der Waals surface area (Å²) in [6, 6.07) is 2.86. The number of hydrogen-bond acceptors (Lipinski definition) is 6. The number of H-pyrrole nitrogens is 1. The normalized spacial score (nSPS) is 13.8. The van der Waals surface area contributed by atoms with Gasteiger partial charge in [-0.3, -0.25) is 19.7 Å². The monoisotopic (exact) mass is 317 g/mol. The van der Waals surface area contributed by atoms with Crippen LogP contribution in [-0.4, -0.2) is 40.4 Å². The predicted octanol–water partition coefficient (Wildman–Crippen LogP) is 0.546. The van der Waals surface area contributed by atoms with Gasteiger partial charge in [0.1, 0.15) is 5.69 Å². The summed E-state index contributed by atoms with van der Waals surface area (Å²) >= 11 is 0. The van der Waals surface area contributed by atoms with E-state index in [4.69, 9.17) is 0 Å². The fraction of sp³-hybridized carbons (Fsp3) is 0.357. The molecule has 0 radical (unpaired) electrons. The van der Waals surface area contributed by atoms with Crippen molar-refractivity contribution >= 4 is 28.2 Å². The highest BCUT2D eigenvalue weighted by atomic mass is 16.6. The average molecular weight is 317 g/mol. The number of carbonyl (C=O) groups excluding carboxylic acids is 1. The van der Waals surface area contributed by atoms with Gasteiger partial charge in [0, 0.05) is 19.2 Å². The molecule has 1 saturated carbocycles. The zero-order valence-electron chi connectivity index (χ0n) is 12.4. The Bertz CT molecular complexity index is 843. The number of benzene rings is 1. The van der Waals surface area contributed by atoms with E-state index in [1.54, 1.807) is 7.05 Å². The smallest absolute Gasteiger partial charge is 0.293 e. The maximum Gasteiger partial charge on any atom is 0.293 e. The van der Waals surface area contributed by atoms with Gasteiger partial charge in [0.05, 0.1) is 28.7 Å². The summed E-state index contributed by atoms with van der Waals surface area (Å²) in [4.78, 5) is 42.2. The molecule has 2 N–H and O–H groups in total. The third-order valence-corrected chi connectivity index (χ3v) is 3.67. The second kappa shape index (κ2) is 5.67. The quantitative estimate of drug-likeness (QED) is 0.613. The van der Waals surface area contributed by atoms with Crippen LogP contribution < -0.4 is 15.8 Å². The molecule has 0 atom stereocenters. The van der Waals surface area contributed by atoms with Gasteiger partial charge in [-0.2, -0.15) is 0 Å². The number of likely N-dealkylation sites (N-methyl/N-ethyl adjacent to an activating group) is 1. The largest absolute Gasteiger partial charge is 0.360 e. The van der Waals surface area contributed by atoms with E-state index in [0.29, 0.717) is 5.52 Å². The molecule has 3 rings (SSSR count). The number of amides is 1. The third-order valence-electron chi connectivity index (χ3n) is 3.67. The Balaban J connectivity index is 1.97. The molecule has 1 amide bonds. The van der Waals surface area contributed by atoms with E-state index in [1.165, 1.54) is 23.4 Å². The number of nitrogens with one attached hydrogen (secondary N) is 2. The maximum absolute atomic E-state index is 11.9. The topological polar surface area (TPSA) is 121 Å². The van der Waals surface area contributed by atoms with Gasteiger partial charge in [-0.25, -0.2) is 4.98 Å². The SMILES string of the molecule is CN(CC(=O)NC1CC1)c1cc2nc[nH]c(=O)c2cc1[N+](=O)[O-]. The molecule has 0 spiro atoms. The van der Waals surface area contributed by atoms with Gasteiger partial charge in [0.15, 0.2) is 0 Å². The molecule has 1 aliphatic rings. The van der Waals surface area contributed by atoms with Crippen LogP contribution in [0.4, 0.5) is 11.4 Å². The number of nitro benzene ring substituents is 1. The zero-order valence-corrected chi connectivity index (χ0v) is 12.4. The molecule has 1 aliphatic carbocycles. The lowest BCUT2D eigenvalue weighted by molar-refractivity contribution is -0.384. The molecule has 1 fully saturated rings. The molecular formula is C14H15N5O4. The Morgan fingerprint density at radius 2 is 2.26 bits per heavy atom. The zero-order chi connectivity index (χ0) is 16.6. The summed E-state index contributed by atoms with van der Waals surface area (Å²) in [6.45, 7) is -0.00790. The third kappa shape index (κ3) is 3.12. The first-order valence-corrected chi connectivity index (χ1v) is 7.12. The molecule has 9 heteroatoms. The molecular weight excluding hydrogens is 302 g/mol. The summed E-state index contributed by atoms with van der Waals surface area (Å²) in [5.41, 5.74) is -0.105. The molecule has 1 aromatic heterocycles. The number of aromatic amines is 1. The van der Waals surface area contributed by atoms with E-state index in [9.17, 15) is 19.7 Å². The minimum atomic E-state index is -0.573. The Hall–Kier alpha value is -2.97. The molecule has 0 unspecified atom stereocenters. The van der Waals surface area contributed by atoms with Crippen LogP contribution in [0.15, 0.2) is 23.3 Å². The van der Waals surface area contributed by atoms with Crippen LogP contribution in [0.1, 0.15) is 12.8 Å². The van der Waals surface area contributed by atoms with Crippen LogP contribution >= 0.6 is 0 Å². The van der Waals surface area contributed by atoms with Gasteiger partial charge in [-0.1, -0.05) is 0 Å². The molecule has 0 saturated heterocycles. The molecule has 2 aromatic rings. The van der Waals surface area contributed by atoms with Crippen LogP contribution in [0.2, 0.25) is 0 Å². The maximum atomic E-state index is 11.9. The summed E-state index contributed by atoms with van der Waals surface area (Å²) in [5.74, 6) is -0.191. The van der Waals surface area contributed by atoms with E-state index in [1.807, 2.05) is 0 Å². The van der Waals surface area contributed by atoms with Crippen LogP contribution in [-0.2, 0) is 4.79 Å². The Kier molecular flexibility index (Phi) is 3.68. The molecule has 1 aromatic carbocycles. The molecule has 120 valence electrons. The fourth-order valence-corrected chi connectivity index (χ4v) is 2.35. The second-order valence-electron chi connectivity index (χ2n) is 5.54. The van der Waals surface area contributed by atoms with Crippen molar-refractivity contribution in [1.29, 1.82) is 0 Å². The lowest BCUT2D eigenvalue weighted by Gasteiger charge is -2.19. The number of aromatic nitrogens is 2. The van der Waals surface area contributed by atoms with Gasteiger partial charge in [-0.05, 0) is 18.9 Å². The highest BCUT2D eigenvalue weighted by molar-refractivity contribution is 5.89. The van der Waals surface area contributed by atoms with Gasteiger partial charge >= 0.3 is 0 Å². The molecule has 23 heavy (non-hydrogen) atoms. The van der Waals surface area contributed by atoms with Crippen LogP contribution in [0.5, 0.6) is 0 Å². The van der Waals surface area contributed by atoms with Crippen LogP contribution in [0, 0.1) is 10.1 Å². The number of anilines is 1. The number of nitro groups is 1. The van der Waals surface area contributed by atoms with Crippen LogP contribution in [0.3, 0.4) is 0 Å². The first-order valence-electron chi connectivity index (χ1n) is 7.12. The number of rotatable bonds is 5. The fourth-order valence-electron chi connectivity index (χ4n) is 2.35. The Morgan fingerprint density at radius 1 is 1.52 bits per heavy atom. The first-order chi connectivity index (χ1) is 11.0. The highest BCUT2D eigenvalue weighted by Crippen LogP contribution is 2.30. The number of nitrogens with zero attached hydrogens (tertiary/aromatic N) is 3. The molecule has 0 bridgehead atoms. The first kappa shape index (κ1) is 14.9. The van der Waals surface area contributed by atoms with Crippen LogP contribution in [0.25, 0.3) is 10.9 Å². The number of fused-ring (bicyclic) bond motifs is 1.